The van der Waals surface area contributed by atoms with Crippen molar-refractivity contribution in [3.05, 3.63) is 22.6 Å². The zero-order chi connectivity index (χ0) is 16.7. The Kier molecular flexibility index (Phi) is 4.00. The fraction of sp³-hybridized carbons (Fsp3) is 0.588. The number of carboxylic acids is 1. The number of amides is 1. The van der Waals surface area contributed by atoms with Gasteiger partial charge in [-0.15, -0.1) is 0 Å². The second-order valence-corrected chi connectivity index (χ2v) is 6.72. The lowest BCUT2D eigenvalue weighted by molar-refractivity contribution is -0.143. The molecule has 6 heteroatoms. The molecule has 124 valence electrons. The van der Waals surface area contributed by atoms with E-state index in [0.29, 0.717) is 42.7 Å². The maximum absolute atomic E-state index is 12.8. The van der Waals surface area contributed by atoms with Gasteiger partial charge in [0.15, 0.2) is 11.5 Å². The van der Waals surface area contributed by atoms with Gasteiger partial charge in [-0.1, -0.05) is 6.92 Å². The fourth-order valence-electron chi connectivity index (χ4n) is 3.69. The number of nitrogens with zero attached hydrogens (tertiary/aromatic N) is 1. The van der Waals surface area contributed by atoms with Gasteiger partial charge in [0.2, 0.25) is 0 Å². The molecule has 2 aliphatic rings. The molecule has 1 fully saturated rings. The Balaban J connectivity index is 1.88. The molecule has 1 aromatic rings. The Labute approximate surface area is 134 Å². The standard InChI is InChI=1S/C17H21NO5/c1-9-6-11(17(21)22)8-18(7-9)16(20)15-10(2)14-12(19)4-3-5-13(14)23-15/h9,11H,3-8H2,1-2H3,(H,21,22). The summed E-state index contributed by atoms with van der Waals surface area (Å²) in [6.07, 6.45) is 2.48. The van der Waals surface area contributed by atoms with Crippen molar-refractivity contribution in [3.63, 3.8) is 0 Å². The maximum atomic E-state index is 12.8. The minimum atomic E-state index is -0.875. The van der Waals surface area contributed by atoms with Crippen molar-refractivity contribution < 1.29 is 23.9 Å². The van der Waals surface area contributed by atoms with Crippen molar-refractivity contribution in [2.45, 2.75) is 39.5 Å². The van der Waals surface area contributed by atoms with Gasteiger partial charge >= 0.3 is 5.97 Å². The number of likely N-dealkylation sites (tertiary alicyclic amines) is 1. The molecule has 1 N–H and O–H groups in total. The summed E-state index contributed by atoms with van der Waals surface area (Å²) in [6.45, 7) is 4.39. The minimum absolute atomic E-state index is 0.0296. The summed E-state index contributed by atoms with van der Waals surface area (Å²) in [6, 6.07) is 0. The van der Waals surface area contributed by atoms with Crippen LogP contribution in [-0.4, -0.2) is 40.8 Å². The number of ketones is 1. The van der Waals surface area contributed by atoms with Crippen molar-refractivity contribution >= 4 is 17.7 Å². The number of carbonyl (C=O) groups excluding carboxylic acids is 2. The van der Waals surface area contributed by atoms with E-state index in [2.05, 4.69) is 0 Å². The average Bonchev–Trinajstić information content (AvgIpc) is 2.84. The SMILES string of the molecule is Cc1c(C(=O)N2CC(C)CC(C(=O)O)C2)oc2c1C(=O)CCC2. The number of hydrogen-bond acceptors (Lipinski definition) is 4. The number of aryl methyl sites for hydroxylation is 1. The third-order valence-corrected chi connectivity index (χ3v) is 4.80. The predicted molar refractivity (Wildman–Crippen MR) is 81.5 cm³/mol. The van der Waals surface area contributed by atoms with Gasteiger partial charge in [0.05, 0.1) is 11.5 Å². The summed E-state index contributed by atoms with van der Waals surface area (Å²) >= 11 is 0. The van der Waals surface area contributed by atoms with Gasteiger partial charge in [-0.05, 0) is 25.7 Å². The predicted octanol–water partition coefficient (Wildman–Crippen LogP) is 2.29. The molecule has 1 aromatic heterocycles. The first-order chi connectivity index (χ1) is 10.9. The van der Waals surface area contributed by atoms with E-state index in [1.54, 1.807) is 11.8 Å². The molecule has 0 bridgehead atoms. The number of carbonyl (C=O) groups is 3. The molecule has 0 aromatic carbocycles. The van der Waals surface area contributed by atoms with E-state index in [0.717, 1.165) is 6.42 Å². The number of rotatable bonds is 2. The quantitative estimate of drug-likeness (QED) is 0.903. The third-order valence-electron chi connectivity index (χ3n) is 4.80. The molecule has 2 atom stereocenters. The van der Waals surface area contributed by atoms with Crippen molar-refractivity contribution in [2.75, 3.05) is 13.1 Å². The summed E-state index contributed by atoms with van der Waals surface area (Å²) in [5, 5.41) is 9.24. The molecule has 3 rings (SSSR count). The van der Waals surface area contributed by atoms with Crippen LogP contribution in [0.3, 0.4) is 0 Å². The topological polar surface area (TPSA) is 87.8 Å². The molecular formula is C17H21NO5. The monoisotopic (exact) mass is 319 g/mol. The van der Waals surface area contributed by atoms with E-state index in [1.807, 2.05) is 6.92 Å². The number of Topliss-reactive ketones (excluding diaryl/α,β-unsaturated/α-hetero) is 1. The first-order valence-electron chi connectivity index (χ1n) is 8.06. The van der Waals surface area contributed by atoms with Crippen LogP contribution < -0.4 is 0 Å². The van der Waals surface area contributed by atoms with Gasteiger partial charge in [-0.25, -0.2) is 0 Å². The van der Waals surface area contributed by atoms with E-state index >= 15 is 0 Å². The highest BCUT2D eigenvalue weighted by Crippen LogP contribution is 2.31. The number of fused-ring (bicyclic) bond motifs is 1. The zero-order valence-electron chi connectivity index (χ0n) is 13.4. The molecule has 0 saturated carbocycles. The number of piperidine rings is 1. The molecule has 0 spiro atoms. The van der Waals surface area contributed by atoms with Crippen LogP contribution in [0.1, 0.15) is 58.4 Å². The molecule has 2 heterocycles. The molecule has 1 aliphatic heterocycles. The van der Waals surface area contributed by atoms with Crippen LogP contribution in [-0.2, 0) is 11.2 Å². The lowest BCUT2D eigenvalue weighted by Gasteiger charge is -2.34. The summed E-state index contributed by atoms with van der Waals surface area (Å²) in [5.74, 6) is -0.774. The second-order valence-electron chi connectivity index (χ2n) is 6.72. The Hall–Kier alpha value is -2.11. The van der Waals surface area contributed by atoms with E-state index in [9.17, 15) is 19.5 Å². The molecule has 6 nitrogen and oxygen atoms in total. The van der Waals surface area contributed by atoms with Crippen LogP contribution in [0.15, 0.2) is 4.42 Å². The molecular weight excluding hydrogens is 298 g/mol. The summed E-state index contributed by atoms with van der Waals surface area (Å²) in [7, 11) is 0. The van der Waals surface area contributed by atoms with Gasteiger partial charge < -0.3 is 14.4 Å². The minimum Gasteiger partial charge on any atom is -0.481 e. The van der Waals surface area contributed by atoms with Crippen molar-refractivity contribution in [2.24, 2.45) is 11.8 Å². The van der Waals surface area contributed by atoms with Gasteiger partial charge in [-0.3, -0.25) is 14.4 Å². The van der Waals surface area contributed by atoms with E-state index < -0.39 is 11.9 Å². The summed E-state index contributed by atoms with van der Waals surface area (Å²) in [5.41, 5.74) is 1.15. The highest BCUT2D eigenvalue weighted by molar-refractivity contribution is 6.03. The highest BCUT2D eigenvalue weighted by atomic mass is 16.4. The zero-order valence-corrected chi connectivity index (χ0v) is 13.4. The fourth-order valence-corrected chi connectivity index (χ4v) is 3.69. The smallest absolute Gasteiger partial charge is 0.308 e. The van der Waals surface area contributed by atoms with Crippen LogP contribution in [0.25, 0.3) is 0 Å². The molecule has 23 heavy (non-hydrogen) atoms. The van der Waals surface area contributed by atoms with Crippen LogP contribution >= 0.6 is 0 Å². The third kappa shape index (κ3) is 2.78. The van der Waals surface area contributed by atoms with E-state index in [1.165, 1.54) is 0 Å². The second kappa shape index (κ2) is 5.83. The summed E-state index contributed by atoms with van der Waals surface area (Å²) in [4.78, 5) is 37.7. The molecule has 1 saturated heterocycles. The first-order valence-corrected chi connectivity index (χ1v) is 8.06. The van der Waals surface area contributed by atoms with Crippen LogP contribution in [0, 0.1) is 18.8 Å². The molecule has 1 aliphatic carbocycles. The highest BCUT2D eigenvalue weighted by Gasteiger charge is 2.36. The lowest BCUT2D eigenvalue weighted by Crippen LogP contribution is -2.45. The van der Waals surface area contributed by atoms with Gasteiger partial charge in [-0.2, -0.15) is 0 Å². The van der Waals surface area contributed by atoms with Crippen LogP contribution in [0.4, 0.5) is 0 Å². The van der Waals surface area contributed by atoms with Gasteiger partial charge in [0.25, 0.3) is 5.91 Å². The Morgan fingerprint density at radius 3 is 2.65 bits per heavy atom. The van der Waals surface area contributed by atoms with E-state index in [4.69, 9.17) is 4.42 Å². The molecule has 0 radical (unpaired) electrons. The van der Waals surface area contributed by atoms with Gasteiger partial charge in [0.1, 0.15) is 5.76 Å². The number of hydrogen-bond donors (Lipinski definition) is 1. The Morgan fingerprint density at radius 1 is 1.26 bits per heavy atom. The Bertz CT molecular complexity index is 675. The van der Waals surface area contributed by atoms with Crippen molar-refractivity contribution in [1.82, 2.24) is 4.90 Å². The number of furan rings is 1. The largest absolute Gasteiger partial charge is 0.481 e. The Morgan fingerprint density at radius 2 is 2.00 bits per heavy atom. The van der Waals surface area contributed by atoms with Crippen LogP contribution in [0.2, 0.25) is 0 Å². The molecule has 2 unspecified atom stereocenters. The first kappa shape index (κ1) is 15.8. The van der Waals surface area contributed by atoms with E-state index in [-0.39, 0.29) is 29.9 Å². The van der Waals surface area contributed by atoms with Gasteiger partial charge in [0, 0.05) is 31.5 Å². The summed E-state index contributed by atoms with van der Waals surface area (Å²) < 4.78 is 5.69. The number of aliphatic carboxylic acids is 1. The normalized spacial score (nSPS) is 24.4. The maximum Gasteiger partial charge on any atom is 0.308 e. The average molecular weight is 319 g/mol. The van der Waals surface area contributed by atoms with Crippen molar-refractivity contribution in [3.8, 4) is 0 Å². The number of carboxylic acid groups (broad SMARTS) is 1. The van der Waals surface area contributed by atoms with Crippen molar-refractivity contribution in [1.29, 1.82) is 0 Å². The lowest BCUT2D eigenvalue weighted by atomic mass is 9.90. The van der Waals surface area contributed by atoms with Crippen LogP contribution in [0.5, 0.6) is 0 Å². The molecule has 1 amide bonds.